The molecule has 0 saturated carbocycles. The molecule has 3 N–H and O–H groups in total. The number of nitrogens with two attached hydrogens (primary N) is 1. The highest BCUT2D eigenvalue weighted by Crippen LogP contribution is 2.21. The van der Waals surface area contributed by atoms with Crippen molar-refractivity contribution in [1.82, 2.24) is 4.73 Å². The van der Waals surface area contributed by atoms with Crippen LogP contribution in [0.4, 0.5) is 0 Å². The van der Waals surface area contributed by atoms with Gasteiger partial charge >= 0.3 is 5.97 Å². The lowest BCUT2D eigenvalue weighted by atomic mass is 10.1. The van der Waals surface area contributed by atoms with Gasteiger partial charge in [-0.05, 0) is 43.7 Å². The normalized spacial score (nSPS) is 10.8. The number of benzene rings is 1. The van der Waals surface area contributed by atoms with Crippen molar-refractivity contribution in [3.8, 4) is 0 Å². The van der Waals surface area contributed by atoms with Crippen LogP contribution in [-0.4, -0.2) is 29.1 Å². The van der Waals surface area contributed by atoms with Gasteiger partial charge in [-0.15, -0.1) is 0 Å². The fraction of sp³-hybridized carbons (Fsp3) is 0.308. The van der Waals surface area contributed by atoms with Crippen LogP contribution in [-0.2, 0) is 11.2 Å². The molecule has 0 bridgehead atoms. The Balaban J connectivity index is 2.45. The summed E-state index contributed by atoms with van der Waals surface area (Å²) in [5.41, 5.74) is 7.29. The van der Waals surface area contributed by atoms with Crippen LogP contribution in [0.1, 0.15) is 23.0 Å². The zero-order valence-corrected chi connectivity index (χ0v) is 10.2. The summed E-state index contributed by atoms with van der Waals surface area (Å²) in [5, 5.41) is 10.7. The SMILES string of the molecule is CCOC(=O)c1cc2cc(CCN)ccc2n1O. The second-order valence-electron chi connectivity index (χ2n) is 3.99. The second-order valence-corrected chi connectivity index (χ2v) is 3.99. The monoisotopic (exact) mass is 248 g/mol. The Morgan fingerprint density at radius 2 is 2.22 bits per heavy atom. The average Bonchev–Trinajstić information content (AvgIpc) is 2.67. The van der Waals surface area contributed by atoms with E-state index in [-0.39, 0.29) is 12.3 Å². The summed E-state index contributed by atoms with van der Waals surface area (Å²) in [7, 11) is 0. The third-order valence-corrected chi connectivity index (χ3v) is 2.76. The van der Waals surface area contributed by atoms with Gasteiger partial charge in [-0.1, -0.05) is 6.07 Å². The van der Waals surface area contributed by atoms with Crippen LogP contribution < -0.4 is 5.73 Å². The van der Waals surface area contributed by atoms with Crippen LogP contribution >= 0.6 is 0 Å². The lowest BCUT2D eigenvalue weighted by Gasteiger charge is -2.02. The van der Waals surface area contributed by atoms with Crippen molar-refractivity contribution in [2.45, 2.75) is 13.3 Å². The van der Waals surface area contributed by atoms with E-state index in [4.69, 9.17) is 10.5 Å². The van der Waals surface area contributed by atoms with Crippen molar-refractivity contribution >= 4 is 16.9 Å². The molecule has 0 aliphatic rings. The zero-order chi connectivity index (χ0) is 13.1. The summed E-state index contributed by atoms with van der Waals surface area (Å²) in [6, 6.07) is 7.19. The van der Waals surface area contributed by atoms with Crippen molar-refractivity contribution in [3.05, 3.63) is 35.5 Å². The van der Waals surface area contributed by atoms with E-state index in [2.05, 4.69) is 0 Å². The van der Waals surface area contributed by atoms with Crippen LogP contribution in [0, 0.1) is 0 Å². The summed E-state index contributed by atoms with van der Waals surface area (Å²) in [4.78, 5) is 11.6. The van der Waals surface area contributed by atoms with Crippen molar-refractivity contribution in [3.63, 3.8) is 0 Å². The van der Waals surface area contributed by atoms with Gasteiger partial charge in [-0.3, -0.25) is 0 Å². The van der Waals surface area contributed by atoms with Crippen LogP contribution in [0.2, 0.25) is 0 Å². The molecule has 0 saturated heterocycles. The van der Waals surface area contributed by atoms with Crippen molar-refractivity contribution in [2.24, 2.45) is 5.73 Å². The minimum absolute atomic E-state index is 0.136. The molecule has 0 unspecified atom stereocenters. The van der Waals surface area contributed by atoms with E-state index in [1.807, 2.05) is 12.1 Å². The molecule has 1 aromatic heterocycles. The predicted octanol–water partition coefficient (Wildman–Crippen LogP) is 1.56. The van der Waals surface area contributed by atoms with Gasteiger partial charge in [0.1, 0.15) is 0 Å². The summed E-state index contributed by atoms with van der Waals surface area (Å²) in [6.07, 6.45) is 0.765. The maximum Gasteiger partial charge on any atom is 0.358 e. The number of hydrogen-bond acceptors (Lipinski definition) is 4. The van der Waals surface area contributed by atoms with E-state index in [0.29, 0.717) is 12.1 Å². The third-order valence-electron chi connectivity index (χ3n) is 2.76. The third kappa shape index (κ3) is 2.17. The molecule has 0 radical (unpaired) electrons. The number of fused-ring (bicyclic) bond motifs is 1. The Labute approximate surface area is 105 Å². The largest absolute Gasteiger partial charge is 0.461 e. The molecule has 96 valence electrons. The minimum Gasteiger partial charge on any atom is -0.461 e. The van der Waals surface area contributed by atoms with Crippen molar-refractivity contribution in [1.29, 1.82) is 0 Å². The van der Waals surface area contributed by atoms with E-state index in [1.165, 1.54) is 0 Å². The van der Waals surface area contributed by atoms with Gasteiger partial charge in [0.2, 0.25) is 0 Å². The minimum atomic E-state index is -0.531. The molecule has 5 heteroatoms. The number of hydrogen-bond donors (Lipinski definition) is 2. The van der Waals surface area contributed by atoms with E-state index in [0.717, 1.165) is 22.1 Å². The lowest BCUT2D eigenvalue weighted by molar-refractivity contribution is 0.0480. The van der Waals surface area contributed by atoms with Crippen LogP contribution in [0.15, 0.2) is 24.3 Å². The number of nitrogens with zero attached hydrogens (tertiary/aromatic N) is 1. The maximum absolute atomic E-state index is 11.6. The Bertz CT molecular complexity index is 575. The fourth-order valence-corrected chi connectivity index (χ4v) is 1.92. The van der Waals surface area contributed by atoms with E-state index >= 15 is 0 Å². The molecular formula is C13H16N2O3. The number of aromatic nitrogens is 1. The zero-order valence-electron chi connectivity index (χ0n) is 10.2. The summed E-state index contributed by atoms with van der Waals surface area (Å²) in [5.74, 6) is -0.531. The Hall–Kier alpha value is -2.01. The van der Waals surface area contributed by atoms with Crippen LogP contribution in [0.3, 0.4) is 0 Å². The van der Waals surface area contributed by atoms with E-state index in [9.17, 15) is 10.0 Å². The molecule has 0 aliphatic heterocycles. The highest BCUT2D eigenvalue weighted by molar-refractivity contribution is 5.95. The molecule has 5 nitrogen and oxygen atoms in total. The molecule has 2 rings (SSSR count). The van der Waals surface area contributed by atoms with Crippen LogP contribution in [0.25, 0.3) is 10.9 Å². The number of ether oxygens (including phenoxy) is 1. The number of rotatable bonds is 4. The average molecular weight is 248 g/mol. The van der Waals surface area contributed by atoms with E-state index in [1.54, 1.807) is 19.1 Å². The molecule has 18 heavy (non-hydrogen) atoms. The highest BCUT2D eigenvalue weighted by atomic mass is 16.5. The highest BCUT2D eigenvalue weighted by Gasteiger charge is 2.16. The second kappa shape index (κ2) is 5.10. The topological polar surface area (TPSA) is 77.5 Å². The first-order valence-corrected chi connectivity index (χ1v) is 5.88. The summed E-state index contributed by atoms with van der Waals surface area (Å²) >= 11 is 0. The summed E-state index contributed by atoms with van der Waals surface area (Å²) < 4.78 is 5.74. The van der Waals surface area contributed by atoms with Gasteiger partial charge in [0, 0.05) is 5.39 Å². The van der Waals surface area contributed by atoms with Gasteiger partial charge < -0.3 is 15.7 Å². The molecule has 2 aromatic rings. The standard InChI is InChI=1S/C13H16N2O3/c1-2-18-13(16)12-8-10-7-9(5-6-14)3-4-11(10)15(12)17/h3-4,7-8,17H,2,5-6,14H2,1H3. The van der Waals surface area contributed by atoms with Crippen molar-refractivity contribution in [2.75, 3.05) is 13.2 Å². The molecule has 1 aromatic carbocycles. The quantitative estimate of drug-likeness (QED) is 0.635. The number of carbonyl (C=O) groups is 1. The maximum atomic E-state index is 11.6. The Kier molecular flexibility index (Phi) is 3.53. The number of esters is 1. The first-order valence-electron chi connectivity index (χ1n) is 5.88. The fourth-order valence-electron chi connectivity index (χ4n) is 1.92. The van der Waals surface area contributed by atoms with Crippen molar-refractivity contribution < 1.29 is 14.7 Å². The van der Waals surface area contributed by atoms with Gasteiger partial charge in [-0.2, -0.15) is 4.73 Å². The van der Waals surface area contributed by atoms with Gasteiger partial charge in [-0.25, -0.2) is 4.79 Å². The lowest BCUT2D eigenvalue weighted by Crippen LogP contribution is -2.09. The molecule has 0 spiro atoms. The molecule has 0 atom stereocenters. The van der Waals surface area contributed by atoms with Crippen LogP contribution in [0.5, 0.6) is 0 Å². The Morgan fingerprint density at radius 3 is 2.89 bits per heavy atom. The first kappa shape index (κ1) is 12.4. The summed E-state index contributed by atoms with van der Waals surface area (Å²) in [6.45, 7) is 2.57. The predicted molar refractivity (Wildman–Crippen MR) is 67.8 cm³/mol. The van der Waals surface area contributed by atoms with Gasteiger partial charge in [0.15, 0.2) is 5.69 Å². The smallest absolute Gasteiger partial charge is 0.358 e. The molecular weight excluding hydrogens is 232 g/mol. The van der Waals surface area contributed by atoms with Gasteiger partial charge in [0.05, 0.1) is 12.1 Å². The Morgan fingerprint density at radius 1 is 1.44 bits per heavy atom. The number of carbonyl (C=O) groups excluding carboxylic acids is 1. The molecule has 0 aliphatic carbocycles. The van der Waals surface area contributed by atoms with E-state index < -0.39 is 5.97 Å². The molecule has 0 fully saturated rings. The molecule has 0 amide bonds. The first-order chi connectivity index (χ1) is 8.67. The molecule has 1 heterocycles. The van der Waals surface area contributed by atoms with Gasteiger partial charge in [0.25, 0.3) is 0 Å².